The lowest BCUT2D eigenvalue weighted by Gasteiger charge is -2.23. The van der Waals surface area contributed by atoms with E-state index in [0.717, 1.165) is 32.2 Å². The third-order valence-corrected chi connectivity index (χ3v) is 5.35. The van der Waals surface area contributed by atoms with Crippen LogP contribution in [0.3, 0.4) is 0 Å². The average molecular weight is 345 g/mol. The van der Waals surface area contributed by atoms with Crippen LogP contribution in [0.25, 0.3) is 0 Å². The molecule has 6 heteroatoms. The van der Waals surface area contributed by atoms with Crippen LogP contribution in [0.5, 0.6) is 0 Å². The second-order valence-corrected chi connectivity index (χ2v) is 7.11. The topological polar surface area (TPSA) is 60.2 Å². The molecule has 1 saturated carbocycles. The molecule has 2 heterocycles. The smallest absolute Gasteiger partial charge is 0.255 e. The Morgan fingerprint density at radius 2 is 2.00 bits per heavy atom. The van der Waals surface area contributed by atoms with Gasteiger partial charge in [-0.15, -0.1) is 0 Å². The van der Waals surface area contributed by atoms with Crippen molar-refractivity contribution in [1.29, 1.82) is 0 Å². The van der Waals surface area contributed by atoms with Gasteiger partial charge in [-0.2, -0.15) is 4.98 Å². The molecule has 0 bridgehead atoms. The fourth-order valence-corrected chi connectivity index (χ4v) is 4.08. The molecule has 5 nitrogen and oxygen atoms in total. The molecule has 1 aliphatic heterocycles. The van der Waals surface area contributed by atoms with Gasteiger partial charge in [0, 0.05) is 12.6 Å². The van der Waals surface area contributed by atoms with E-state index in [2.05, 4.69) is 15.5 Å². The molecule has 25 heavy (non-hydrogen) atoms. The van der Waals surface area contributed by atoms with Crippen LogP contribution in [0.1, 0.15) is 61.4 Å². The largest absolute Gasteiger partial charge is 0.364 e. The number of nitrogens with one attached hydrogen (secondary N) is 1. The summed E-state index contributed by atoms with van der Waals surface area (Å²) in [6.45, 7) is 2.64. The second kappa shape index (κ2) is 7.22. The molecule has 134 valence electrons. The molecule has 4 rings (SSSR count). The van der Waals surface area contributed by atoms with Crippen LogP contribution in [-0.2, 0) is 4.74 Å². The number of nitrogens with zero attached hydrogens (tertiary/aromatic N) is 2. The summed E-state index contributed by atoms with van der Waals surface area (Å²) in [5, 5.41) is 7.52. The summed E-state index contributed by atoms with van der Waals surface area (Å²) in [6, 6.07) is 7.38. The molecule has 1 saturated heterocycles. The van der Waals surface area contributed by atoms with Gasteiger partial charge in [-0.1, -0.05) is 23.7 Å². The molecule has 1 aromatic carbocycles. The maximum absolute atomic E-state index is 13.2. The first-order chi connectivity index (χ1) is 12.2. The van der Waals surface area contributed by atoms with Crippen molar-refractivity contribution in [2.75, 3.05) is 6.54 Å². The molecule has 2 aromatic rings. The van der Waals surface area contributed by atoms with Gasteiger partial charge in [0.1, 0.15) is 11.9 Å². The van der Waals surface area contributed by atoms with Crippen molar-refractivity contribution in [3.8, 4) is 0 Å². The van der Waals surface area contributed by atoms with Gasteiger partial charge in [0.15, 0.2) is 5.82 Å². The Morgan fingerprint density at radius 1 is 1.16 bits per heavy atom. The lowest BCUT2D eigenvalue weighted by atomic mass is 9.94. The molecule has 2 fully saturated rings. The fourth-order valence-electron chi connectivity index (χ4n) is 4.08. The Hall–Kier alpha value is -1.79. The highest BCUT2D eigenvalue weighted by molar-refractivity contribution is 5.23. The van der Waals surface area contributed by atoms with Crippen LogP contribution < -0.4 is 5.32 Å². The van der Waals surface area contributed by atoms with Crippen molar-refractivity contribution in [3.05, 3.63) is 47.4 Å². The van der Waals surface area contributed by atoms with Gasteiger partial charge in [-0.3, -0.25) is 0 Å². The van der Waals surface area contributed by atoms with Crippen LogP contribution in [0, 0.1) is 12.7 Å². The van der Waals surface area contributed by atoms with Crippen LogP contribution in [-0.4, -0.2) is 28.8 Å². The van der Waals surface area contributed by atoms with Crippen molar-refractivity contribution in [3.63, 3.8) is 0 Å². The minimum Gasteiger partial charge on any atom is -0.364 e. The van der Waals surface area contributed by atoms with E-state index >= 15 is 0 Å². The highest BCUT2D eigenvalue weighted by atomic mass is 19.1. The normalized spacial score (nSPS) is 29.4. The van der Waals surface area contributed by atoms with Gasteiger partial charge >= 0.3 is 0 Å². The summed E-state index contributed by atoms with van der Waals surface area (Å²) in [4.78, 5) is 4.27. The summed E-state index contributed by atoms with van der Waals surface area (Å²) in [5.41, 5.74) is 1.22. The standard InChI is InChI=1S/C19H24FN3O2/c1-12-22-19(25-23-12)18-10-9-15(24-18)11-21-17-4-2-3-16(17)13-5-7-14(20)8-6-13/h5-8,15-18,21H,2-4,9-11H2,1H3/t15-,16+,17-,18+/m1/s1. The maximum atomic E-state index is 13.2. The highest BCUT2D eigenvalue weighted by Crippen LogP contribution is 2.36. The Morgan fingerprint density at radius 3 is 2.76 bits per heavy atom. The Balaban J connectivity index is 1.31. The number of aromatic nitrogens is 2. The van der Waals surface area contributed by atoms with Gasteiger partial charge in [0.05, 0.1) is 6.10 Å². The zero-order chi connectivity index (χ0) is 17.2. The first kappa shape index (κ1) is 16.7. The average Bonchev–Trinajstić information content (AvgIpc) is 3.33. The molecule has 1 N–H and O–H groups in total. The zero-order valence-electron chi connectivity index (χ0n) is 14.5. The van der Waals surface area contributed by atoms with Crippen LogP contribution in [0.2, 0.25) is 0 Å². The minimum absolute atomic E-state index is 0.0792. The SMILES string of the molecule is Cc1noc([C@@H]2CC[C@H](CN[C@@H]3CCC[C@H]3c3ccc(F)cc3)O2)n1. The molecule has 1 aromatic heterocycles. The van der Waals surface area contributed by atoms with E-state index in [-0.39, 0.29) is 18.0 Å². The first-order valence-corrected chi connectivity index (χ1v) is 9.13. The van der Waals surface area contributed by atoms with Crippen LogP contribution >= 0.6 is 0 Å². The molecular formula is C19H24FN3O2. The van der Waals surface area contributed by atoms with E-state index in [1.165, 1.54) is 12.0 Å². The van der Waals surface area contributed by atoms with E-state index in [0.29, 0.717) is 23.7 Å². The van der Waals surface area contributed by atoms with Gasteiger partial charge in [-0.25, -0.2) is 4.39 Å². The maximum Gasteiger partial charge on any atom is 0.255 e. The molecule has 4 atom stereocenters. The quantitative estimate of drug-likeness (QED) is 0.896. The van der Waals surface area contributed by atoms with Gasteiger partial charge < -0.3 is 14.6 Å². The molecule has 2 aliphatic rings. The summed E-state index contributed by atoms with van der Waals surface area (Å²) in [5.74, 6) is 1.52. The molecule has 1 aliphatic carbocycles. The van der Waals surface area contributed by atoms with Gasteiger partial charge in [-0.05, 0) is 56.2 Å². The monoisotopic (exact) mass is 345 g/mol. The number of aryl methyl sites for hydroxylation is 1. The first-order valence-electron chi connectivity index (χ1n) is 9.13. The number of rotatable bonds is 5. The van der Waals surface area contributed by atoms with Gasteiger partial charge in [0.2, 0.25) is 0 Å². The van der Waals surface area contributed by atoms with Gasteiger partial charge in [0.25, 0.3) is 5.89 Å². The molecule has 0 amide bonds. The molecule has 0 radical (unpaired) electrons. The third-order valence-electron chi connectivity index (χ3n) is 5.35. The summed E-state index contributed by atoms with van der Waals surface area (Å²) in [6.07, 6.45) is 5.51. The summed E-state index contributed by atoms with van der Waals surface area (Å²) >= 11 is 0. The van der Waals surface area contributed by atoms with E-state index in [1.807, 2.05) is 19.1 Å². The van der Waals surface area contributed by atoms with E-state index < -0.39 is 0 Å². The number of halogens is 1. The predicted octanol–water partition coefficient (Wildman–Crippen LogP) is 3.66. The number of hydrogen-bond donors (Lipinski definition) is 1. The number of benzene rings is 1. The lowest BCUT2D eigenvalue weighted by Crippen LogP contribution is -2.37. The van der Waals surface area contributed by atoms with Crippen LogP contribution in [0.15, 0.2) is 28.8 Å². The predicted molar refractivity (Wildman–Crippen MR) is 90.7 cm³/mol. The fraction of sp³-hybridized carbons (Fsp3) is 0.579. The molecule has 0 spiro atoms. The summed E-state index contributed by atoms with van der Waals surface area (Å²) < 4.78 is 24.4. The lowest BCUT2D eigenvalue weighted by molar-refractivity contribution is 0.0251. The summed E-state index contributed by atoms with van der Waals surface area (Å²) in [7, 11) is 0. The van der Waals surface area contributed by atoms with Crippen LogP contribution in [0.4, 0.5) is 4.39 Å². The molecule has 0 unspecified atom stereocenters. The number of ether oxygens (including phenoxy) is 1. The van der Waals surface area contributed by atoms with Crippen molar-refractivity contribution >= 4 is 0 Å². The minimum atomic E-state index is -0.173. The van der Waals surface area contributed by atoms with E-state index in [4.69, 9.17) is 9.26 Å². The second-order valence-electron chi connectivity index (χ2n) is 7.11. The Labute approximate surface area is 147 Å². The Kier molecular flexibility index (Phi) is 4.81. The van der Waals surface area contributed by atoms with Crippen molar-refractivity contribution < 1.29 is 13.7 Å². The Bertz CT molecular complexity index is 703. The third kappa shape index (κ3) is 3.75. The zero-order valence-corrected chi connectivity index (χ0v) is 14.5. The van der Waals surface area contributed by atoms with Crippen molar-refractivity contribution in [2.24, 2.45) is 0 Å². The number of hydrogen-bond acceptors (Lipinski definition) is 5. The molecular weight excluding hydrogens is 321 g/mol. The highest BCUT2D eigenvalue weighted by Gasteiger charge is 2.33. The van der Waals surface area contributed by atoms with Crippen molar-refractivity contribution in [2.45, 2.75) is 63.2 Å². The van der Waals surface area contributed by atoms with E-state index in [9.17, 15) is 4.39 Å². The van der Waals surface area contributed by atoms with Crippen molar-refractivity contribution in [1.82, 2.24) is 15.5 Å². The van der Waals surface area contributed by atoms with E-state index in [1.54, 1.807) is 12.1 Å².